The summed E-state index contributed by atoms with van der Waals surface area (Å²) in [4.78, 5) is 26.1. The molecule has 38 heavy (non-hydrogen) atoms. The summed E-state index contributed by atoms with van der Waals surface area (Å²) >= 11 is 0. The topological polar surface area (TPSA) is 101 Å². The Morgan fingerprint density at radius 1 is 0.842 bits per heavy atom. The van der Waals surface area contributed by atoms with Gasteiger partial charge in [0.15, 0.2) is 0 Å². The molecule has 0 atom stereocenters. The van der Waals surface area contributed by atoms with Crippen molar-refractivity contribution in [3.05, 3.63) is 96.3 Å². The number of ether oxygens (including phenoxy) is 1. The maximum atomic E-state index is 12.9. The molecule has 1 aliphatic carbocycles. The number of hydrogen-bond acceptors (Lipinski definition) is 6. The van der Waals surface area contributed by atoms with Crippen LogP contribution in [0.15, 0.2) is 85.2 Å². The summed E-state index contributed by atoms with van der Waals surface area (Å²) in [6, 6.07) is 22.9. The van der Waals surface area contributed by atoms with Crippen LogP contribution in [0, 0.1) is 0 Å². The van der Waals surface area contributed by atoms with Crippen LogP contribution in [0.2, 0.25) is 0 Å². The third-order valence-corrected chi connectivity index (χ3v) is 6.62. The lowest BCUT2D eigenvalue weighted by Crippen LogP contribution is -2.19. The van der Waals surface area contributed by atoms with Crippen molar-refractivity contribution in [1.29, 1.82) is 0 Å². The van der Waals surface area contributed by atoms with E-state index in [1.54, 1.807) is 19.4 Å². The van der Waals surface area contributed by atoms with Crippen LogP contribution in [-0.2, 0) is 12.8 Å². The minimum absolute atomic E-state index is 0.294. The van der Waals surface area contributed by atoms with Crippen LogP contribution in [0.4, 0.5) is 22.1 Å². The van der Waals surface area contributed by atoms with Crippen LogP contribution < -0.4 is 20.7 Å². The molecule has 8 nitrogen and oxygen atoms in total. The van der Waals surface area contributed by atoms with Crippen LogP contribution in [-0.4, -0.2) is 28.0 Å². The zero-order valence-corrected chi connectivity index (χ0v) is 20.9. The molecule has 0 unspecified atom stereocenters. The molecule has 0 aliphatic heterocycles. The molecule has 2 aromatic heterocycles. The largest absolute Gasteiger partial charge is 0.438 e. The van der Waals surface area contributed by atoms with Crippen molar-refractivity contribution in [2.75, 3.05) is 23.0 Å². The SMILES string of the molecule is CNc1nccc(-c2cccnc2Oc2ccc(NC(=O)Nc3ccc4c(c3)CCC4)c3ccccc23)n1. The Hall–Kier alpha value is -4.98. The van der Waals surface area contributed by atoms with E-state index in [-0.39, 0.29) is 6.03 Å². The maximum Gasteiger partial charge on any atom is 0.323 e. The van der Waals surface area contributed by atoms with Crippen molar-refractivity contribution >= 4 is 34.1 Å². The highest BCUT2D eigenvalue weighted by atomic mass is 16.5. The third kappa shape index (κ3) is 4.71. The van der Waals surface area contributed by atoms with Crippen LogP contribution >= 0.6 is 0 Å². The van der Waals surface area contributed by atoms with Crippen LogP contribution in [0.5, 0.6) is 11.6 Å². The molecule has 3 N–H and O–H groups in total. The number of amides is 2. The number of carbonyl (C=O) groups excluding carboxylic acids is 1. The standard InChI is InChI=1S/C30H26N6O2/c1-31-29-33-17-15-26(35-29)24-10-5-16-32-28(24)38-27-14-13-25(22-8-2-3-9-23(22)27)36-30(37)34-21-12-11-19-6-4-7-20(19)18-21/h2-3,5,8-18H,4,6-7H2,1H3,(H,31,33,35)(H2,34,36,37). The highest BCUT2D eigenvalue weighted by Gasteiger charge is 2.16. The van der Waals surface area contributed by atoms with Crippen molar-refractivity contribution in [1.82, 2.24) is 15.0 Å². The molecule has 0 radical (unpaired) electrons. The van der Waals surface area contributed by atoms with Gasteiger partial charge in [-0.3, -0.25) is 0 Å². The minimum Gasteiger partial charge on any atom is -0.438 e. The van der Waals surface area contributed by atoms with Gasteiger partial charge in [-0.1, -0.05) is 30.3 Å². The molecule has 0 saturated carbocycles. The van der Waals surface area contributed by atoms with E-state index in [9.17, 15) is 4.79 Å². The fourth-order valence-electron chi connectivity index (χ4n) is 4.80. The van der Waals surface area contributed by atoms with E-state index in [1.807, 2.05) is 60.7 Å². The summed E-state index contributed by atoms with van der Waals surface area (Å²) in [5, 5.41) is 10.6. The zero-order chi connectivity index (χ0) is 25.9. The van der Waals surface area contributed by atoms with Gasteiger partial charge < -0.3 is 20.7 Å². The van der Waals surface area contributed by atoms with Crippen molar-refractivity contribution in [3.63, 3.8) is 0 Å². The van der Waals surface area contributed by atoms with E-state index in [0.29, 0.717) is 29.0 Å². The Labute approximate surface area is 220 Å². The predicted octanol–water partition coefficient (Wildman–Crippen LogP) is 6.66. The van der Waals surface area contributed by atoms with Gasteiger partial charge in [0.2, 0.25) is 11.8 Å². The molecule has 5 aromatic rings. The third-order valence-electron chi connectivity index (χ3n) is 6.62. The number of anilines is 3. The molecule has 0 saturated heterocycles. The average molecular weight is 503 g/mol. The van der Waals surface area contributed by atoms with Crippen LogP contribution in [0.25, 0.3) is 22.0 Å². The number of aryl methyl sites for hydroxylation is 2. The first kappa shape index (κ1) is 23.4. The van der Waals surface area contributed by atoms with E-state index in [4.69, 9.17) is 4.74 Å². The summed E-state index contributed by atoms with van der Waals surface area (Å²) < 4.78 is 6.33. The number of nitrogens with zero attached hydrogens (tertiary/aromatic N) is 3. The van der Waals surface area contributed by atoms with Gasteiger partial charge >= 0.3 is 6.03 Å². The Bertz CT molecular complexity index is 1650. The van der Waals surface area contributed by atoms with Crippen molar-refractivity contribution in [2.45, 2.75) is 19.3 Å². The first-order valence-electron chi connectivity index (χ1n) is 12.5. The Morgan fingerprint density at radius 2 is 1.71 bits per heavy atom. The number of nitrogens with one attached hydrogen (secondary N) is 3. The summed E-state index contributed by atoms with van der Waals surface area (Å²) in [7, 11) is 1.77. The highest BCUT2D eigenvalue weighted by Crippen LogP contribution is 2.37. The number of benzene rings is 3. The molecule has 0 fully saturated rings. The second kappa shape index (κ2) is 10.2. The second-order valence-corrected chi connectivity index (χ2v) is 9.05. The van der Waals surface area contributed by atoms with Gasteiger partial charge in [0.1, 0.15) is 5.75 Å². The molecule has 0 spiro atoms. The van der Waals surface area contributed by atoms with Gasteiger partial charge in [0.25, 0.3) is 0 Å². The first-order chi connectivity index (χ1) is 18.7. The monoisotopic (exact) mass is 502 g/mol. The molecule has 3 aromatic carbocycles. The quantitative estimate of drug-likeness (QED) is 0.240. The fourth-order valence-corrected chi connectivity index (χ4v) is 4.80. The lowest BCUT2D eigenvalue weighted by Gasteiger charge is -2.15. The number of hydrogen-bond donors (Lipinski definition) is 3. The smallest absolute Gasteiger partial charge is 0.323 e. The molecule has 188 valence electrons. The summed E-state index contributed by atoms with van der Waals surface area (Å²) in [6.45, 7) is 0. The summed E-state index contributed by atoms with van der Waals surface area (Å²) in [5.74, 6) is 1.55. The van der Waals surface area contributed by atoms with Gasteiger partial charge in [-0.25, -0.2) is 19.7 Å². The van der Waals surface area contributed by atoms with Gasteiger partial charge in [-0.05, 0) is 72.9 Å². The normalized spacial score (nSPS) is 12.1. The van der Waals surface area contributed by atoms with Gasteiger partial charge in [-0.15, -0.1) is 0 Å². The minimum atomic E-state index is -0.294. The molecule has 0 bridgehead atoms. The predicted molar refractivity (Wildman–Crippen MR) is 150 cm³/mol. The average Bonchev–Trinajstić information content (AvgIpc) is 3.43. The Kier molecular flexibility index (Phi) is 6.27. The summed E-state index contributed by atoms with van der Waals surface area (Å²) in [6.07, 6.45) is 6.71. The van der Waals surface area contributed by atoms with E-state index >= 15 is 0 Å². The van der Waals surface area contributed by atoms with E-state index in [0.717, 1.165) is 34.9 Å². The lowest BCUT2D eigenvalue weighted by atomic mass is 10.1. The number of urea groups is 1. The molecular weight excluding hydrogens is 476 g/mol. The molecule has 2 amide bonds. The molecule has 8 heteroatoms. The number of rotatable bonds is 6. The fraction of sp³-hybridized carbons (Fsp3) is 0.133. The molecular formula is C30H26N6O2. The zero-order valence-electron chi connectivity index (χ0n) is 20.9. The molecule has 2 heterocycles. The number of fused-ring (bicyclic) bond motifs is 2. The molecule has 6 rings (SSSR count). The highest BCUT2D eigenvalue weighted by molar-refractivity contribution is 6.07. The second-order valence-electron chi connectivity index (χ2n) is 9.05. The maximum absolute atomic E-state index is 12.9. The number of carbonyl (C=O) groups is 1. The van der Waals surface area contributed by atoms with Crippen molar-refractivity contribution in [3.8, 4) is 22.9 Å². The van der Waals surface area contributed by atoms with E-state index in [2.05, 4.69) is 43.0 Å². The van der Waals surface area contributed by atoms with E-state index < -0.39 is 0 Å². The van der Waals surface area contributed by atoms with Gasteiger partial charge in [-0.2, -0.15) is 0 Å². The van der Waals surface area contributed by atoms with E-state index in [1.165, 1.54) is 17.5 Å². The van der Waals surface area contributed by atoms with Gasteiger partial charge in [0, 0.05) is 35.9 Å². The van der Waals surface area contributed by atoms with Gasteiger partial charge in [0.05, 0.1) is 16.9 Å². The lowest BCUT2D eigenvalue weighted by molar-refractivity contribution is 0.262. The van der Waals surface area contributed by atoms with Crippen LogP contribution in [0.3, 0.4) is 0 Å². The molecule has 1 aliphatic rings. The van der Waals surface area contributed by atoms with Crippen molar-refractivity contribution in [2.24, 2.45) is 0 Å². The van der Waals surface area contributed by atoms with Crippen molar-refractivity contribution < 1.29 is 9.53 Å². The number of aromatic nitrogens is 3. The first-order valence-corrected chi connectivity index (χ1v) is 12.5. The Morgan fingerprint density at radius 3 is 2.61 bits per heavy atom. The Balaban J connectivity index is 1.27. The number of pyridine rings is 1. The van der Waals surface area contributed by atoms with Crippen LogP contribution in [0.1, 0.15) is 17.5 Å². The summed E-state index contributed by atoms with van der Waals surface area (Å²) in [5.41, 5.74) is 5.59.